The number of piperidine rings is 1. The van der Waals surface area contributed by atoms with Crippen LogP contribution in [0.1, 0.15) is 43.0 Å². The second-order valence-electron chi connectivity index (χ2n) is 7.40. The van der Waals surface area contributed by atoms with E-state index in [0.29, 0.717) is 16.8 Å². The fourth-order valence-corrected chi connectivity index (χ4v) is 4.42. The van der Waals surface area contributed by atoms with Crippen molar-refractivity contribution in [2.45, 2.75) is 50.7 Å². The largest absolute Gasteiger partial charge is 0.349 e. The van der Waals surface area contributed by atoms with E-state index in [1.54, 1.807) is 31.2 Å². The van der Waals surface area contributed by atoms with Crippen LogP contribution in [-0.4, -0.2) is 39.8 Å². The van der Waals surface area contributed by atoms with Gasteiger partial charge in [-0.25, -0.2) is 4.39 Å². The van der Waals surface area contributed by atoms with Crippen molar-refractivity contribution in [1.82, 2.24) is 15.2 Å². The van der Waals surface area contributed by atoms with Crippen molar-refractivity contribution < 1.29 is 14.0 Å². The molecule has 3 atom stereocenters. The van der Waals surface area contributed by atoms with Gasteiger partial charge in [0.25, 0.3) is 5.91 Å². The highest BCUT2D eigenvalue weighted by atomic mass is 19.1. The van der Waals surface area contributed by atoms with E-state index < -0.39 is 0 Å². The van der Waals surface area contributed by atoms with Gasteiger partial charge in [-0.1, -0.05) is 12.1 Å². The third-order valence-corrected chi connectivity index (χ3v) is 5.58. The summed E-state index contributed by atoms with van der Waals surface area (Å²) >= 11 is 0. The molecule has 2 amide bonds. The summed E-state index contributed by atoms with van der Waals surface area (Å²) < 4.78 is 13.4. The van der Waals surface area contributed by atoms with Crippen molar-refractivity contribution in [2.24, 2.45) is 0 Å². The minimum Gasteiger partial charge on any atom is -0.349 e. The normalized spacial score (nSPS) is 23.9. The number of fused-ring (bicyclic) bond motifs is 2. The third kappa shape index (κ3) is 3.56. The molecule has 3 heterocycles. The maximum Gasteiger partial charge on any atom is 0.253 e. The Bertz CT molecular complexity index is 854. The van der Waals surface area contributed by atoms with Gasteiger partial charge in [0.2, 0.25) is 5.91 Å². The number of rotatable bonds is 3. The number of aromatic nitrogens is 1. The average Bonchev–Trinajstić information content (AvgIpc) is 2.93. The van der Waals surface area contributed by atoms with Crippen LogP contribution >= 0.6 is 0 Å². The Kier molecular flexibility index (Phi) is 4.64. The summed E-state index contributed by atoms with van der Waals surface area (Å²) in [5, 5.41) is 3.09. The highest BCUT2D eigenvalue weighted by Crippen LogP contribution is 2.35. The molecule has 1 unspecified atom stereocenters. The number of nitrogens with zero attached hydrogens (tertiary/aromatic N) is 2. The molecule has 6 heteroatoms. The van der Waals surface area contributed by atoms with Gasteiger partial charge in [-0.3, -0.25) is 14.6 Å². The van der Waals surface area contributed by atoms with Crippen LogP contribution in [-0.2, 0) is 4.79 Å². The molecule has 2 aromatic rings. The SMILES string of the molecule is CC(=O)N1[C@@H]2CC[C@H]1CC(NC(=O)c1ccc(-c3cccc(F)c3)nc1)C2. The fraction of sp³-hybridized carbons (Fsp3) is 0.381. The standard InChI is InChI=1S/C21H22FN3O2/c1-13(26)25-18-6-7-19(25)11-17(10-18)24-21(27)15-5-8-20(23-12-15)14-3-2-4-16(22)9-14/h2-5,8-9,12,17-19H,6-7,10-11H2,1H3,(H,24,27)/t17?,18-,19+. The van der Waals surface area contributed by atoms with E-state index in [-0.39, 0.29) is 35.8 Å². The maximum atomic E-state index is 13.4. The van der Waals surface area contributed by atoms with E-state index in [1.807, 2.05) is 4.90 Å². The summed E-state index contributed by atoms with van der Waals surface area (Å²) in [5.41, 5.74) is 1.78. The Labute approximate surface area is 157 Å². The predicted octanol–water partition coefficient (Wildman–Crippen LogP) is 3.16. The summed E-state index contributed by atoms with van der Waals surface area (Å²) in [6.45, 7) is 1.62. The zero-order valence-electron chi connectivity index (χ0n) is 15.2. The van der Waals surface area contributed by atoms with E-state index in [9.17, 15) is 14.0 Å². The van der Waals surface area contributed by atoms with Crippen LogP contribution in [0.3, 0.4) is 0 Å². The Morgan fingerprint density at radius 2 is 1.89 bits per heavy atom. The Hall–Kier alpha value is -2.76. The molecule has 2 fully saturated rings. The van der Waals surface area contributed by atoms with Crippen molar-refractivity contribution in [3.63, 3.8) is 0 Å². The van der Waals surface area contributed by atoms with Crippen LogP contribution < -0.4 is 5.32 Å². The number of nitrogens with one attached hydrogen (secondary N) is 1. The lowest BCUT2D eigenvalue weighted by Crippen LogP contribution is -2.51. The van der Waals surface area contributed by atoms with Crippen molar-refractivity contribution in [1.29, 1.82) is 0 Å². The molecule has 140 valence electrons. The Morgan fingerprint density at radius 1 is 1.15 bits per heavy atom. The minimum atomic E-state index is -0.317. The molecule has 1 N–H and O–H groups in total. The summed E-state index contributed by atoms with van der Waals surface area (Å²) in [5.74, 6) is -0.346. The van der Waals surface area contributed by atoms with Gasteiger partial charge in [0.15, 0.2) is 0 Å². The molecule has 1 aromatic heterocycles. The van der Waals surface area contributed by atoms with Crippen LogP contribution in [0, 0.1) is 5.82 Å². The second kappa shape index (κ2) is 7.10. The zero-order valence-corrected chi connectivity index (χ0v) is 15.2. The number of hydrogen-bond donors (Lipinski definition) is 1. The van der Waals surface area contributed by atoms with Gasteiger partial charge >= 0.3 is 0 Å². The second-order valence-corrected chi connectivity index (χ2v) is 7.40. The number of carbonyl (C=O) groups excluding carboxylic acids is 2. The average molecular weight is 367 g/mol. The molecule has 2 aliphatic heterocycles. The van der Waals surface area contributed by atoms with Gasteiger partial charge in [-0.05, 0) is 49.9 Å². The smallest absolute Gasteiger partial charge is 0.253 e. The fourth-order valence-electron chi connectivity index (χ4n) is 4.42. The number of amides is 2. The van der Waals surface area contributed by atoms with E-state index in [4.69, 9.17) is 0 Å². The molecular weight excluding hydrogens is 345 g/mol. The Morgan fingerprint density at radius 3 is 2.48 bits per heavy atom. The van der Waals surface area contributed by atoms with Gasteiger partial charge < -0.3 is 10.2 Å². The van der Waals surface area contributed by atoms with Crippen molar-refractivity contribution >= 4 is 11.8 Å². The van der Waals surface area contributed by atoms with Crippen LogP contribution in [0.5, 0.6) is 0 Å². The molecule has 0 aliphatic carbocycles. The van der Waals surface area contributed by atoms with E-state index in [0.717, 1.165) is 25.7 Å². The zero-order chi connectivity index (χ0) is 19.0. The molecule has 0 spiro atoms. The molecule has 27 heavy (non-hydrogen) atoms. The first-order valence-corrected chi connectivity index (χ1v) is 9.33. The van der Waals surface area contributed by atoms with E-state index in [1.165, 1.54) is 18.3 Å². The number of pyridine rings is 1. The highest BCUT2D eigenvalue weighted by molar-refractivity contribution is 5.94. The van der Waals surface area contributed by atoms with Crippen molar-refractivity contribution in [3.05, 3.63) is 54.0 Å². The predicted molar refractivity (Wildman–Crippen MR) is 99.4 cm³/mol. The van der Waals surface area contributed by atoms with Gasteiger partial charge in [0.05, 0.1) is 11.3 Å². The van der Waals surface area contributed by atoms with Crippen LogP contribution in [0.15, 0.2) is 42.6 Å². The molecule has 0 saturated carbocycles. The van der Waals surface area contributed by atoms with Crippen molar-refractivity contribution in [3.8, 4) is 11.3 Å². The number of halogens is 1. The van der Waals surface area contributed by atoms with Gasteiger partial charge in [-0.15, -0.1) is 0 Å². The molecule has 0 radical (unpaired) electrons. The number of hydrogen-bond acceptors (Lipinski definition) is 3. The topological polar surface area (TPSA) is 62.3 Å². The van der Waals surface area contributed by atoms with Crippen LogP contribution in [0.4, 0.5) is 4.39 Å². The quantitative estimate of drug-likeness (QED) is 0.906. The lowest BCUT2D eigenvalue weighted by atomic mass is 9.97. The van der Waals surface area contributed by atoms with Crippen LogP contribution in [0.25, 0.3) is 11.3 Å². The van der Waals surface area contributed by atoms with Gasteiger partial charge in [0, 0.05) is 36.8 Å². The molecule has 2 aliphatic rings. The number of benzene rings is 1. The van der Waals surface area contributed by atoms with E-state index >= 15 is 0 Å². The van der Waals surface area contributed by atoms with Crippen LogP contribution in [0.2, 0.25) is 0 Å². The monoisotopic (exact) mass is 367 g/mol. The molecule has 1 aromatic carbocycles. The first kappa shape index (κ1) is 17.6. The molecular formula is C21H22FN3O2. The number of carbonyl (C=O) groups is 2. The summed E-state index contributed by atoms with van der Waals surface area (Å²) in [7, 11) is 0. The highest BCUT2D eigenvalue weighted by Gasteiger charge is 2.42. The first-order valence-electron chi connectivity index (χ1n) is 9.33. The molecule has 5 nitrogen and oxygen atoms in total. The summed E-state index contributed by atoms with van der Waals surface area (Å²) in [6, 6.07) is 10.2. The maximum absolute atomic E-state index is 13.4. The van der Waals surface area contributed by atoms with Crippen molar-refractivity contribution in [2.75, 3.05) is 0 Å². The molecule has 2 bridgehead atoms. The summed E-state index contributed by atoms with van der Waals surface area (Å²) in [4.78, 5) is 30.6. The van der Waals surface area contributed by atoms with Gasteiger partial charge in [-0.2, -0.15) is 0 Å². The third-order valence-electron chi connectivity index (χ3n) is 5.58. The molecule has 4 rings (SSSR count). The summed E-state index contributed by atoms with van der Waals surface area (Å²) in [6.07, 6.45) is 5.16. The first-order chi connectivity index (χ1) is 13.0. The lowest BCUT2D eigenvalue weighted by Gasteiger charge is -2.38. The Balaban J connectivity index is 1.41. The minimum absolute atomic E-state index is 0.0773. The van der Waals surface area contributed by atoms with E-state index in [2.05, 4.69) is 10.3 Å². The molecule has 2 saturated heterocycles. The van der Waals surface area contributed by atoms with Gasteiger partial charge in [0.1, 0.15) is 5.82 Å². The lowest BCUT2D eigenvalue weighted by molar-refractivity contribution is -0.133.